The molecule has 13 aromatic rings. The van der Waals surface area contributed by atoms with Gasteiger partial charge in [-0.15, -0.1) is 0 Å². The van der Waals surface area contributed by atoms with Gasteiger partial charge in [0.15, 0.2) is 0 Å². The Labute approximate surface area is 443 Å². The first-order valence-corrected chi connectivity index (χ1v) is 26.4. The highest BCUT2D eigenvalue weighted by atomic mass is 15.1. The molecule has 2 aliphatic carbocycles. The van der Waals surface area contributed by atoms with Gasteiger partial charge in [-0.2, -0.15) is 0 Å². The van der Waals surface area contributed by atoms with Crippen LogP contribution in [0, 0.1) is 0 Å². The third kappa shape index (κ3) is 6.41. The molecule has 76 heavy (non-hydrogen) atoms. The van der Waals surface area contributed by atoms with E-state index in [1.807, 2.05) is 0 Å². The number of benzene rings is 12. The minimum atomic E-state index is -0.580. The molecule has 0 saturated carbocycles. The predicted molar refractivity (Wildman–Crippen MR) is 316 cm³/mol. The average molecular weight is 967 g/mol. The quantitative estimate of drug-likeness (QED) is 0.147. The van der Waals surface area contributed by atoms with E-state index in [1.165, 1.54) is 99.7 Å². The Balaban J connectivity index is 0.904. The highest BCUT2D eigenvalue weighted by molar-refractivity contribution is 6.10. The minimum absolute atomic E-state index is 0.555. The summed E-state index contributed by atoms with van der Waals surface area (Å²) in [6.07, 6.45) is 0. The average Bonchev–Trinajstić information content (AvgIpc) is 4.13. The molecule has 2 aliphatic rings. The van der Waals surface area contributed by atoms with Crippen LogP contribution in [0.4, 0.5) is 17.1 Å². The molecule has 356 valence electrons. The van der Waals surface area contributed by atoms with E-state index in [9.17, 15) is 0 Å². The fourth-order valence-corrected chi connectivity index (χ4v) is 13.4. The van der Waals surface area contributed by atoms with Crippen molar-refractivity contribution in [3.63, 3.8) is 0 Å². The number of aromatic nitrogens is 1. The van der Waals surface area contributed by atoms with Crippen LogP contribution in [0.3, 0.4) is 0 Å². The summed E-state index contributed by atoms with van der Waals surface area (Å²) in [7, 11) is 0. The monoisotopic (exact) mass is 966 g/mol. The van der Waals surface area contributed by atoms with Gasteiger partial charge in [0.05, 0.1) is 21.9 Å². The van der Waals surface area contributed by atoms with Crippen LogP contribution in [0.2, 0.25) is 0 Å². The largest absolute Gasteiger partial charge is 0.310 e. The lowest BCUT2D eigenvalue weighted by Crippen LogP contribution is -2.44. The zero-order valence-corrected chi connectivity index (χ0v) is 41.8. The first-order chi connectivity index (χ1) is 37.7. The van der Waals surface area contributed by atoms with Gasteiger partial charge in [0, 0.05) is 33.5 Å². The molecule has 0 aliphatic heterocycles. The van der Waals surface area contributed by atoms with Crippen molar-refractivity contribution in [2.45, 2.75) is 10.8 Å². The van der Waals surface area contributed by atoms with Gasteiger partial charge in [0.2, 0.25) is 0 Å². The fraction of sp³-hybridized carbons (Fsp3) is 0.0270. The summed E-state index contributed by atoms with van der Waals surface area (Å²) in [4.78, 5) is 2.43. The smallest absolute Gasteiger partial charge is 0.0720 e. The second-order valence-corrected chi connectivity index (χ2v) is 20.3. The summed E-state index contributed by atoms with van der Waals surface area (Å²) in [6.45, 7) is 0. The Hall–Kier alpha value is -9.76. The van der Waals surface area contributed by atoms with E-state index in [1.54, 1.807) is 0 Å². The number of hydrogen-bond acceptors (Lipinski definition) is 1. The van der Waals surface area contributed by atoms with Crippen molar-refractivity contribution in [2.24, 2.45) is 0 Å². The molecule has 1 spiro atoms. The molecule has 15 rings (SSSR count). The number of rotatable bonds is 8. The van der Waals surface area contributed by atoms with E-state index in [4.69, 9.17) is 0 Å². The highest BCUT2D eigenvalue weighted by Gasteiger charge is 2.56. The first kappa shape index (κ1) is 43.8. The van der Waals surface area contributed by atoms with Gasteiger partial charge in [0.1, 0.15) is 0 Å². The van der Waals surface area contributed by atoms with Gasteiger partial charge in [-0.1, -0.05) is 237 Å². The highest BCUT2D eigenvalue weighted by Crippen LogP contribution is 2.65. The van der Waals surface area contributed by atoms with Crippen molar-refractivity contribution >= 4 is 38.9 Å². The van der Waals surface area contributed by atoms with Crippen LogP contribution in [0.1, 0.15) is 44.5 Å². The maximum atomic E-state index is 2.46. The maximum absolute atomic E-state index is 2.46. The van der Waals surface area contributed by atoms with Gasteiger partial charge in [0.25, 0.3) is 0 Å². The topological polar surface area (TPSA) is 8.17 Å². The molecule has 0 bridgehead atoms. The van der Waals surface area contributed by atoms with E-state index in [0.29, 0.717) is 0 Å². The molecule has 2 nitrogen and oxygen atoms in total. The number of fused-ring (bicyclic) bond motifs is 12. The Bertz CT molecular complexity index is 4220. The lowest BCUT2D eigenvalue weighted by atomic mass is 9.51. The Kier molecular flexibility index (Phi) is 10.0. The number of para-hydroxylation sites is 2. The summed E-state index contributed by atoms with van der Waals surface area (Å²) in [5.41, 5.74) is 23.3. The second-order valence-electron chi connectivity index (χ2n) is 20.3. The molecule has 0 unspecified atom stereocenters. The van der Waals surface area contributed by atoms with Gasteiger partial charge >= 0.3 is 0 Å². The molecule has 1 aromatic heterocycles. The van der Waals surface area contributed by atoms with E-state index < -0.39 is 10.8 Å². The fourth-order valence-electron chi connectivity index (χ4n) is 13.4. The van der Waals surface area contributed by atoms with Crippen LogP contribution in [0.25, 0.3) is 60.9 Å². The third-order valence-corrected chi connectivity index (χ3v) is 16.5. The number of hydrogen-bond donors (Lipinski definition) is 0. The Morgan fingerprint density at radius 2 is 0.671 bits per heavy atom. The second kappa shape index (κ2) is 17.4. The molecule has 0 saturated heterocycles. The Morgan fingerprint density at radius 3 is 1.28 bits per heavy atom. The van der Waals surface area contributed by atoms with Crippen molar-refractivity contribution in [1.82, 2.24) is 4.57 Å². The number of nitrogens with zero attached hydrogens (tertiary/aromatic N) is 2. The van der Waals surface area contributed by atoms with Gasteiger partial charge in [-0.3, -0.25) is 0 Å². The molecule has 0 N–H and O–H groups in total. The molecule has 0 atom stereocenters. The van der Waals surface area contributed by atoms with Crippen LogP contribution in [0.5, 0.6) is 0 Å². The summed E-state index contributed by atoms with van der Waals surface area (Å²) >= 11 is 0. The van der Waals surface area contributed by atoms with Gasteiger partial charge in [-0.25, -0.2) is 0 Å². The van der Waals surface area contributed by atoms with E-state index in [2.05, 4.69) is 313 Å². The maximum Gasteiger partial charge on any atom is 0.0720 e. The van der Waals surface area contributed by atoms with E-state index in [0.717, 1.165) is 22.7 Å². The summed E-state index contributed by atoms with van der Waals surface area (Å²) in [5, 5.41) is 2.49. The normalized spacial score (nSPS) is 13.5. The lowest BCUT2D eigenvalue weighted by molar-refractivity contribution is 0.623. The van der Waals surface area contributed by atoms with Gasteiger partial charge in [-0.05, 0) is 145 Å². The summed E-state index contributed by atoms with van der Waals surface area (Å²) in [5.74, 6) is 0. The van der Waals surface area contributed by atoms with Crippen LogP contribution < -0.4 is 4.90 Å². The Morgan fingerprint density at radius 1 is 0.250 bits per heavy atom. The molecule has 2 heteroatoms. The minimum Gasteiger partial charge on any atom is -0.310 e. The van der Waals surface area contributed by atoms with Crippen LogP contribution in [-0.2, 0) is 10.8 Å². The molecule has 12 aromatic carbocycles. The third-order valence-electron chi connectivity index (χ3n) is 16.5. The summed E-state index contributed by atoms with van der Waals surface area (Å²) < 4.78 is 2.38. The standard InChI is InChI=1S/C74H50N2/c1-5-21-51(22-6-1)52-37-42-58(43-38-52)75(59-44-39-53(40-45-59)54-41-48-72-64(49-54)62-30-14-20-36-71(62)76(72)57-27-11-4-12-28-57)60-46-47-66-63(50-60)61-29-13-15-31-65(61)74(66)69-34-18-16-32-67(69)73(55-23-7-2-8-24-55,56-25-9-3-10-26-56)68-33-17-19-35-70(68)74/h1-50H. The van der Waals surface area contributed by atoms with Crippen molar-refractivity contribution in [3.05, 3.63) is 348 Å². The molecule has 0 amide bonds. The first-order valence-electron chi connectivity index (χ1n) is 26.4. The number of anilines is 3. The van der Waals surface area contributed by atoms with E-state index >= 15 is 0 Å². The van der Waals surface area contributed by atoms with Gasteiger partial charge < -0.3 is 9.47 Å². The van der Waals surface area contributed by atoms with Crippen molar-refractivity contribution in [1.29, 1.82) is 0 Å². The molecule has 0 fully saturated rings. The lowest BCUT2D eigenvalue weighted by Gasteiger charge is -2.50. The zero-order valence-electron chi connectivity index (χ0n) is 41.8. The van der Waals surface area contributed by atoms with Crippen LogP contribution in [-0.4, -0.2) is 4.57 Å². The zero-order chi connectivity index (χ0) is 50.2. The summed E-state index contributed by atoms with van der Waals surface area (Å²) in [6, 6.07) is 113. The molecule has 1 heterocycles. The van der Waals surface area contributed by atoms with Crippen LogP contribution >= 0.6 is 0 Å². The predicted octanol–water partition coefficient (Wildman–Crippen LogP) is 18.6. The van der Waals surface area contributed by atoms with Crippen molar-refractivity contribution in [3.8, 4) is 39.1 Å². The molecular formula is C74H50N2. The van der Waals surface area contributed by atoms with Crippen LogP contribution in [0.15, 0.2) is 303 Å². The van der Waals surface area contributed by atoms with Crippen molar-refractivity contribution in [2.75, 3.05) is 4.90 Å². The molecule has 0 radical (unpaired) electrons. The van der Waals surface area contributed by atoms with E-state index in [-0.39, 0.29) is 0 Å². The SMILES string of the molecule is c1ccc(-c2ccc(N(c3ccc(-c4ccc5c(c4)c4ccccc4n5-c4ccccc4)cc3)c3ccc4c(c3)-c3ccccc3C43c4ccccc4C(c4ccccc4)(c4ccccc4)c4ccccc43)cc2)cc1. The molecular weight excluding hydrogens is 917 g/mol. The van der Waals surface area contributed by atoms with Crippen molar-refractivity contribution < 1.29 is 0 Å².